The van der Waals surface area contributed by atoms with Gasteiger partial charge in [-0.15, -0.1) is 0 Å². The van der Waals surface area contributed by atoms with E-state index >= 15 is 0 Å². The molecule has 0 unspecified atom stereocenters. The van der Waals surface area contributed by atoms with Crippen molar-refractivity contribution in [2.75, 3.05) is 0 Å². The molecular formula is C23H27N3O2S. The summed E-state index contributed by atoms with van der Waals surface area (Å²) in [5.74, 6) is 0.841. The van der Waals surface area contributed by atoms with Gasteiger partial charge in [-0.05, 0) is 85.8 Å². The lowest BCUT2D eigenvalue weighted by molar-refractivity contribution is 0.301. The zero-order valence-electron chi connectivity index (χ0n) is 17.0. The predicted octanol–water partition coefficient (Wildman–Crippen LogP) is 4.56. The summed E-state index contributed by atoms with van der Waals surface area (Å²) in [4.78, 5) is 18.0. The van der Waals surface area contributed by atoms with Crippen LogP contribution < -0.4 is 10.9 Å². The number of aromatic amines is 1. The van der Waals surface area contributed by atoms with E-state index in [1.54, 1.807) is 6.26 Å². The van der Waals surface area contributed by atoms with Gasteiger partial charge in [0.1, 0.15) is 5.76 Å². The lowest BCUT2D eigenvalue weighted by Crippen LogP contribution is -2.45. The van der Waals surface area contributed by atoms with Crippen LogP contribution in [0.4, 0.5) is 0 Å². The largest absolute Gasteiger partial charge is 0.467 e. The van der Waals surface area contributed by atoms with E-state index in [0.717, 1.165) is 35.1 Å². The molecule has 4 rings (SSSR count). The highest BCUT2D eigenvalue weighted by Gasteiger charge is 2.25. The number of H-pyrrole nitrogens is 1. The van der Waals surface area contributed by atoms with Crippen molar-refractivity contribution in [3.05, 3.63) is 69.4 Å². The summed E-state index contributed by atoms with van der Waals surface area (Å²) >= 11 is 5.72. The fourth-order valence-corrected chi connectivity index (χ4v) is 4.37. The maximum absolute atomic E-state index is 12.8. The number of nitrogens with zero attached hydrogens (tertiary/aromatic N) is 1. The van der Waals surface area contributed by atoms with Crippen LogP contribution >= 0.6 is 12.2 Å². The lowest BCUT2D eigenvalue weighted by Gasteiger charge is -2.31. The fraction of sp³-hybridized carbons (Fsp3) is 0.391. The molecule has 0 aliphatic heterocycles. The Bertz CT molecular complexity index is 1070. The molecule has 1 aliphatic carbocycles. The van der Waals surface area contributed by atoms with Crippen LogP contribution in [0.25, 0.3) is 10.9 Å². The number of aromatic nitrogens is 1. The van der Waals surface area contributed by atoms with E-state index in [1.807, 2.05) is 24.3 Å². The van der Waals surface area contributed by atoms with Gasteiger partial charge in [0, 0.05) is 17.1 Å². The SMILES string of the molecule is Cc1cc2cc(CN(C(=S)NCc3ccco3)C3CCCC3)c(=O)[nH]c2cc1C. The number of furan rings is 1. The maximum Gasteiger partial charge on any atom is 0.253 e. The van der Waals surface area contributed by atoms with Gasteiger partial charge in [-0.25, -0.2) is 0 Å². The first-order valence-electron chi connectivity index (χ1n) is 10.2. The average Bonchev–Trinajstić information content (AvgIpc) is 3.40. The number of aryl methyl sites for hydroxylation is 2. The number of hydrogen-bond acceptors (Lipinski definition) is 3. The number of fused-ring (bicyclic) bond motifs is 1. The Labute approximate surface area is 176 Å². The lowest BCUT2D eigenvalue weighted by atomic mass is 10.0. The molecule has 0 spiro atoms. The zero-order chi connectivity index (χ0) is 20.4. The monoisotopic (exact) mass is 409 g/mol. The van der Waals surface area contributed by atoms with E-state index < -0.39 is 0 Å². The van der Waals surface area contributed by atoms with E-state index in [-0.39, 0.29) is 5.56 Å². The molecule has 2 heterocycles. The summed E-state index contributed by atoms with van der Waals surface area (Å²) in [5.41, 5.74) is 3.98. The van der Waals surface area contributed by atoms with Crippen LogP contribution in [0.15, 0.2) is 45.8 Å². The Hall–Kier alpha value is -2.60. The normalized spacial score (nSPS) is 14.4. The van der Waals surface area contributed by atoms with Gasteiger partial charge >= 0.3 is 0 Å². The van der Waals surface area contributed by atoms with Crippen molar-refractivity contribution in [1.82, 2.24) is 15.2 Å². The predicted molar refractivity (Wildman–Crippen MR) is 120 cm³/mol. The summed E-state index contributed by atoms with van der Waals surface area (Å²) in [6.45, 7) is 5.21. The first-order valence-corrected chi connectivity index (χ1v) is 10.6. The number of thiocarbonyl (C=S) groups is 1. The van der Waals surface area contributed by atoms with Crippen molar-refractivity contribution in [2.45, 2.75) is 58.7 Å². The summed E-state index contributed by atoms with van der Waals surface area (Å²) in [5, 5.41) is 5.04. The Morgan fingerprint density at radius 3 is 2.72 bits per heavy atom. The van der Waals surface area contributed by atoms with Crippen LogP contribution in [0.1, 0.15) is 48.1 Å². The molecule has 0 radical (unpaired) electrons. The van der Waals surface area contributed by atoms with Crippen molar-refractivity contribution >= 4 is 28.2 Å². The highest BCUT2D eigenvalue weighted by atomic mass is 32.1. The molecule has 29 heavy (non-hydrogen) atoms. The second kappa shape index (κ2) is 8.41. The third kappa shape index (κ3) is 4.37. The van der Waals surface area contributed by atoms with Gasteiger partial charge < -0.3 is 19.6 Å². The van der Waals surface area contributed by atoms with Gasteiger partial charge in [-0.3, -0.25) is 4.79 Å². The molecule has 5 nitrogen and oxygen atoms in total. The van der Waals surface area contributed by atoms with Crippen molar-refractivity contribution in [1.29, 1.82) is 0 Å². The second-order valence-corrected chi connectivity index (χ2v) is 8.34. The first kappa shape index (κ1) is 19.7. The maximum atomic E-state index is 12.8. The summed E-state index contributed by atoms with van der Waals surface area (Å²) < 4.78 is 5.40. The minimum Gasteiger partial charge on any atom is -0.467 e. The number of pyridine rings is 1. The van der Waals surface area contributed by atoms with E-state index in [2.05, 4.69) is 35.1 Å². The Morgan fingerprint density at radius 2 is 2.00 bits per heavy atom. The molecule has 3 aromatic rings. The van der Waals surface area contributed by atoms with E-state index in [4.69, 9.17) is 16.6 Å². The van der Waals surface area contributed by atoms with Crippen LogP contribution in [0.3, 0.4) is 0 Å². The Morgan fingerprint density at radius 1 is 1.24 bits per heavy atom. The quantitative estimate of drug-likeness (QED) is 0.605. The van der Waals surface area contributed by atoms with Crippen LogP contribution in [-0.4, -0.2) is 21.0 Å². The van der Waals surface area contributed by atoms with Crippen LogP contribution in [0.5, 0.6) is 0 Å². The molecule has 1 aliphatic rings. The highest BCUT2D eigenvalue weighted by molar-refractivity contribution is 7.80. The first-order chi connectivity index (χ1) is 14.0. The van der Waals surface area contributed by atoms with Gasteiger partial charge in [-0.1, -0.05) is 12.8 Å². The number of hydrogen-bond donors (Lipinski definition) is 2. The number of rotatable bonds is 5. The third-order valence-corrected chi connectivity index (χ3v) is 6.28. The molecular weight excluding hydrogens is 382 g/mol. The molecule has 0 saturated heterocycles. The minimum absolute atomic E-state index is 0.0439. The molecule has 1 fully saturated rings. The number of benzene rings is 1. The summed E-state index contributed by atoms with van der Waals surface area (Å²) in [7, 11) is 0. The number of nitrogens with one attached hydrogen (secondary N) is 2. The van der Waals surface area contributed by atoms with Crippen LogP contribution in [0, 0.1) is 13.8 Å². The van der Waals surface area contributed by atoms with Gasteiger partial charge in [0.05, 0.1) is 19.4 Å². The molecule has 0 amide bonds. The van der Waals surface area contributed by atoms with Gasteiger partial charge in [0.2, 0.25) is 0 Å². The second-order valence-electron chi connectivity index (χ2n) is 7.95. The highest BCUT2D eigenvalue weighted by Crippen LogP contribution is 2.25. The molecule has 2 aromatic heterocycles. The van der Waals surface area contributed by atoms with Crippen LogP contribution in [0.2, 0.25) is 0 Å². The smallest absolute Gasteiger partial charge is 0.253 e. The van der Waals surface area contributed by atoms with Crippen molar-refractivity contribution in [3.63, 3.8) is 0 Å². The fourth-order valence-electron chi connectivity index (χ4n) is 4.08. The van der Waals surface area contributed by atoms with Crippen molar-refractivity contribution in [3.8, 4) is 0 Å². The van der Waals surface area contributed by atoms with Gasteiger partial charge in [0.25, 0.3) is 5.56 Å². The standard InChI is InChI=1S/C23H27N3O2S/c1-15-10-17-12-18(22(27)25-21(17)11-16(15)2)14-26(19-6-3-4-7-19)23(29)24-13-20-8-5-9-28-20/h5,8-12,19H,3-4,6-7,13-14H2,1-2H3,(H,24,29)(H,25,27). The Kier molecular flexibility index (Phi) is 5.72. The summed E-state index contributed by atoms with van der Waals surface area (Å²) in [6.07, 6.45) is 6.27. The van der Waals surface area contributed by atoms with Crippen molar-refractivity contribution in [2.24, 2.45) is 0 Å². The molecule has 152 valence electrons. The minimum atomic E-state index is -0.0439. The summed E-state index contributed by atoms with van der Waals surface area (Å²) in [6, 6.07) is 10.3. The molecule has 1 aromatic carbocycles. The van der Waals surface area contributed by atoms with Crippen molar-refractivity contribution < 1.29 is 4.42 Å². The zero-order valence-corrected chi connectivity index (χ0v) is 17.8. The third-order valence-electron chi connectivity index (χ3n) is 5.90. The molecule has 1 saturated carbocycles. The molecule has 0 atom stereocenters. The van der Waals surface area contributed by atoms with Crippen LogP contribution in [-0.2, 0) is 13.1 Å². The average molecular weight is 410 g/mol. The topological polar surface area (TPSA) is 61.3 Å². The van der Waals surface area contributed by atoms with E-state index in [1.165, 1.54) is 24.0 Å². The molecule has 2 N–H and O–H groups in total. The molecule has 0 bridgehead atoms. The van der Waals surface area contributed by atoms with E-state index in [0.29, 0.717) is 24.2 Å². The molecule has 6 heteroatoms. The van der Waals surface area contributed by atoms with E-state index in [9.17, 15) is 4.79 Å². The van der Waals surface area contributed by atoms with Gasteiger partial charge in [-0.2, -0.15) is 0 Å². The Balaban J connectivity index is 1.59. The van der Waals surface area contributed by atoms with Gasteiger partial charge in [0.15, 0.2) is 5.11 Å².